The molecule has 21 heavy (non-hydrogen) atoms. The van der Waals surface area contributed by atoms with Gasteiger partial charge in [-0.05, 0) is 30.3 Å². The third-order valence-corrected chi connectivity index (χ3v) is 3.41. The zero-order valence-electron chi connectivity index (χ0n) is 11.5. The molecule has 0 atom stereocenters. The van der Waals surface area contributed by atoms with Crippen molar-refractivity contribution >= 4 is 28.9 Å². The Labute approximate surface area is 127 Å². The third-order valence-electron chi connectivity index (χ3n) is 3.06. The topological polar surface area (TPSA) is 90.4 Å². The molecular weight excluding hydrogens is 290 g/mol. The highest BCUT2D eigenvalue weighted by Crippen LogP contribution is 2.28. The lowest BCUT2D eigenvalue weighted by Gasteiger charge is -2.14. The molecule has 0 aromatic heterocycles. The van der Waals surface area contributed by atoms with Crippen molar-refractivity contribution in [1.82, 2.24) is 0 Å². The molecule has 6 heteroatoms. The van der Waals surface area contributed by atoms with Gasteiger partial charge in [0.15, 0.2) is 0 Å². The van der Waals surface area contributed by atoms with Gasteiger partial charge in [-0.3, -0.25) is 4.79 Å². The van der Waals surface area contributed by atoms with E-state index in [9.17, 15) is 4.79 Å². The molecule has 0 aliphatic heterocycles. The second kappa shape index (κ2) is 6.37. The molecule has 5 nitrogen and oxygen atoms in total. The molecule has 0 fully saturated rings. The van der Waals surface area contributed by atoms with Crippen molar-refractivity contribution in [2.24, 2.45) is 5.73 Å². The monoisotopic (exact) mass is 305 g/mol. The number of nitrogens with one attached hydrogen (secondary N) is 1. The molecule has 0 heterocycles. The van der Waals surface area contributed by atoms with Crippen LogP contribution in [0.4, 0.5) is 11.4 Å². The lowest BCUT2D eigenvalue weighted by Crippen LogP contribution is -2.15. The van der Waals surface area contributed by atoms with E-state index in [0.717, 1.165) is 5.56 Å². The van der Waals surface area contributed by atoms with Crippen molar-refractivity contribution in [3.63, 3.8) is 0 Å². The fourth-order valence-corrected chi connectivity index (χ4v) is 2.24. The first-order valence-electron chi connectivity index (χ1n) is 6.27. The molecule has 0 unspecified atom stereocenters. The van der Waals surface area contributed by atoms with Gasteiger partial charge < -0.3 is 21.5 Å². The van der Waals surface area contributed by atoms with E-state index in [1.165, 1.54) is 6.07 Å². The summed E-state index contributed by atoms with van der Waals surface area (Å²) in [7, 11) is 1.58. The van der Waals surface area contributed by atoms with Crippen LogP contribution >= 0.6 is 11.6 Å². The van der Waals surface area contributed by atoms with Crippen molar-refractivity contribution in [3.8, 4) is 5.75 Å². The Kier molecular flexibility index (Phi) is 4.55. The number of primary amides is 1. The molecular formula is C15H16ClN3O2. The molecule has 1 amide bonds. The number of benzene rings is 2. The molecule has 110 valence electrons. The van der Waals surface area contributed by atoms with Gasteiger partial charge in [0.2, 0.25) is 0 Å². The van der Waals surface area contributed by atoms with Crippen molar-refractivity contribution < 1.29 is 9.53 Å². The number of nitrogens with two attached hydrogens (primary N) is 2. The van der Waals surface area contributed by atoms with Crippen molar-refractivity contribution in [2.75, 3.05) is 18.2 Å². The molecule has 0 spiro atoms. The van der Waals surface area contributed by atoms with Crippen LogP contribution in [0, 0.1) is 0 Å². The summed E-state index contributed by atoms with van der Waals surface area (Å²) in [5, 5.41) is 3.71. The van der Waals surface area contributed by atoms with Gasteiger partial charge in [-0.1, -0.05) is 17.7 Å². The van der Waals surface area contributed by atoms with Gasteiger partial charge >= 0.3 is 0 Å². The van der Waals surface area contributed by atoms with E-state index in [-0.39, 0.29) is 0 Å². The second-order valence-electron chi connectivity index (χ2n) is 4.44. The third kappa shape index (κ3) is 3.38. The predicted octanol–water partition coefficient (Wildman–Crippen LogP) is 2.64. The van der Waals surface area contributed by atoms with Crippen molar-refractivity contribution in [2.45, 2.75) is 6.54 Å². The molecule has 0 radical (unpaired) electrons. The average Bonchev–Trinajstić information content (AvgIpc) is 2.46. The van der Waals surface area contributed by atoms with Crippen LogP contribution in [0.25, 0.3) is 0 Å². The maximum atomic E-state index is 11.5. The standard InChI is InChI=1S/C15H16ClN3O2/c1-21-14-4-2-3-12(16)11(14)8-19-13-6-5-9(17)7-10(13)15(18)20/h2-7,19H,8,17H2,1H3,(H2,18,20). The van der Waals surface area contributed by atoms with E-state index >= 15 is 0 Å². The average molecular weight is 306 g/mol. The predicted molar refractivity (Wildman–Crippen MR) is 84.7 cm³/mol. The summed E-state index contributed by atoms with van der Waals surface area (Å²) in [6.07, 6.45) is 0. The summed E-state index contributed by atoms with van der Waals surface area (Å²) in [4.78, 5) is 11.5. The van der Waals surface area contributed by atoms with Crippen LogP contribution in [0.2, 0.25) is 5.02 Å². The van der Waals surface area contributed by atoms with E-state index < -0.39 is 5.91 Å². The molecule has 2 aromatic carbocycles. The summed E-state index contributed by atoms with van der Waals surface area (Å²) in [5.41, 5.74) is 13.2. The van der Waals surface area contributed by atoms with Gasteiger partial charge in [0, 0.05) is 28.5 Å². The molecule has 2 rings (SSSR count). The van der Waals surface area contributed by atoms with Gasteiger partial charge in [-0.2, -0.15) is 0 Å². The number of anilines is 2. The summed E-state index contributed by atoms with van der Waals surface area (Å²) in [6, 6.07) is 10.3. The lowest BCUT2D eigenvalue weighted by atomic mass is 10.1. The highest BCUT2D eigenvalue weighted by atomic mass is 35.5. The minimum atomic E-state index is -0.545. The second-order valence-corrected chi connectivity index (χ2v) is 4.85. The molecule has 0 bridgehead atoms. The zero-order chi connectivity index (χ0) is 15.4. The summed E-state index contributed by atoms with van der Waals surface area (Å²) < 4.78 is 5.28. The van der Waals surface area contributed by atoms with Crippen LogP contribution in [0.3, 0.4) is 0 Å². The number of ether oxygens (including phenoxy) is 1. The smallest absolute Gasteiger partial charge is 0.250 e. The number of nitrogen functional groups attached to an aromatic ring is 1. The van der Waals surface area contributed by atoms with E-state index in [2.05, 4.69) is 5.32 Å². The van der Waals surface area contributed by atoms with Gasteiger partial charge in [0.1, 0.15) is 5.75 Å². The van der Waals surface area contributed by atoms with Crippen molar-refractivity contribution in [1.29, 1.82) is 0 Å². The molecule has 0 saturated carbocycles. The molecule has 0 aliphatic rings. The van der Waals surface area contributed by atoms with Crippen LogP contribution in [0.15, 0.2) is 36.4 Å². The van der Waals surface area contributed by atoms with Gasteiger partial charge in [0.25, 0.3) is 5.91 Å². The fraction of sp³-hybridized carbons (Fsp3) is 0.133. The van der Waals surface area contributed by atoms with Gasteiger partial charge in [0.05, 0.1) is 12.7 Å². The van der Waals surface area contributed by atoms with Crippen LogP contribution < -0.4 is 21.5 Å². The Hall–Kier alpha value is -2.40. The zero-order valence-corrected chi connectivity index (χ0v) is 12.3. The van der Waals surface area contributed by atoms with Crippen LogP contribution in [-0.2, 0) is 6.54 Å². The number of rotatable bonds is 5. The number of hydrogen-bond donors (Lipinski definition) is 3. The molecule has 2 aromatic rings. The number of carbonyl (C=O) groups is 1. The first-order valence-corrected chi connectivity index (χ1v) is 6.65. The Balaban J connectivity index is 2.27. The summed E-state index contributed by atoms with van der Waals surface area (Å²) in [5.74, 6) is 0.127. The number of halogens is 1. The minimum Gasteiger partial charge on any atom is -0.496 e. The SMILES string of the molecule is COc1cccc(Cl)c1CNc1ccc(N)cc1C(N)=O. The maximum Gasteiger partial charge on any atom is 0.250 e. The Morgan fingerprint density at radius 1 is 1.33 bits per heavy atom. The Bertz CT molecular complexity index is 674. The van der Waals surface area contributed by atoms with E-state index in [4.69, 9.17) is 27.8 Å². The lowest BCUT2D eigenvalue weighted by molar-refractivity contribution is 0.100. The minimum absolute atomic E-state index is 0.334. The first-order chi connectivity index (χ1) is 10.0. The molecule has 0 aliphatic carbocycles. The number of carbonyl (C=O) groups excluding carboxylic acids is 1. The number of amides is 1. The summed E-state index contributed by atoms with van der Waals surface area (Å²) in [6.45, 7) is 0.396. The van der Waals surface area contributed by atoms with Crippen molar-refractivity contribution in [3.05, 3.63) is 52.5 Å². The largest absolute Gasteiger partial charge is 0.496 e. The van der Waals surface area contributed by atoms with E-state index in [1.54, 1.807) is 25.3 Å². The Morgan fingerprint density at radius 2 is 2.10 bits per heavy atom. The quantitative estimate of drug-likeness (QED) is 0.741. The first kappa shape index (κ1) is 15.0. The van der Waals surface area contributed by atoms with Gasteiger partial charge in [-0.25, -0.2) is 0 Å². The molecule has 0 saturated heterocycles. The van der Waals surface area contributed by atoms with Crippen LogP contribution in [-0.4, -0.2) is 13.0 Å². The Morgan fingerprint density at radius 3 is 2.76 bits per heavy atom. The van der Waals surface area contributed by atoms with Crippen LogP contribution in [0.1, 0.15) is 15.9 Å². The number of hydrogen-bond acceptors (Lipinski definition) is 4. The normalized spacial score (nSPS) is 10.2. The maximum absolute atomic E-state index is 11.5. The fourth-order valence-electron chi connectivity index (χ4n) is 2.01. The van der Waals surface area contributed by atoms with Gasteiger partial charge in [-0.15, -0.1) is 0 Å². The van der Waals surface area contributed by atoms with Crippen LogP contribution in [0.5, 0.6) is 5.75 Å². The summed E-state index contributed by atoms with van der Waals surface area (Å²) >= 11 is 6.17. The highest BCUT2D eigenvalue weighted by Gasteiger charge is 2.11. The molecule has 5 N–H and O–H groups in total. The number of methoxy groups -OCH3 is 1. The van der Waals surface area contributed by atoms with E-state index in [0.29, 0.717) is 34.3 Å². The van der Waals surface area contributed by atoms with E-state index in [1.807, 2.05) is 12.1 Å². The highest BCUT2D eigenvalue weighted by molar-refractivity contribution is 6.31.